The molecule has 0 aromatic heterocycles. The van der Waals surface area contributed by atoms with Gasteiger partial charge in [-0.15, -0.1) is 0 Å². The molecule has 0 N–H and O–H groups in total. The summed E-state index contributed by atoms with van der Waals surface area (Å²) >= 11 is 6.17. The molecule has 4 rings (SSSR count). The summed E-state index contributed by atoms with van der Waals surface area (Å²) in [5.74, 6) is -0.103. The number of carbonyl (C=O) groups is 2. The Morgan fingerprint density at radius 3 is 2.88 bits per heavy atom. The van der Waals surface area contributed by atoms with Gasteiger partial charge in [0, 0.05) is 6.42 Å². The molecule has 2 heterocycles. The van der Waals surface area contributed by atoms with Crippen molar-refractivity contribution in [3.63, 3.8) is 0 Å². The van der Waals surface area contributed by atoms with Crippen LogP contribution in [0.15, 0.2) is 36.4 Å². The van der Waals surface area contributed by atoms with E-state index in [0.717, 1.165) is 5.56 Å². The van der Waals surface area contributed by atoms with E-state index in [1.54, 1.807) is 30.3 Å². The summed E-state index contributed by atoms with van der Waals surface area (Å²) in [6.07, 6.45) is -0.659. The lowest BCUT2D eigenvalue weighted by molar-refractivity contribution is -0.155. The predicted octanol–water partition coefficient (Wildman–Crippen LogP) is 2.94. The van der Waals surface area contributed by atoms with E-state index < -0.39 is 18.0 Å². The SMILES string of the molecule is O=C1OC(C(=O)OCc2cc(Cl)c3c(c2)OCCO3)Cc2ccccc21. The molecular weight excluding hydrogens is 360 g/mol. The third kappa shape index (κ3) is 3.20. The molecule has 2 aromatic rings. The Morgan fingerprint density at radius 1 is 1.19 bits per heavy atom. The molecule has 2 aliphatic heterocycles. The van der Waals surface area contributed by atoms with Gasteiger partial charge in [-0.2, -0.15) is 0 Å². The van der Waals surface area contributed by atoms with Crippen LogP contribution in [0.4, 0.5) is 0 Å². The van der Waals surface area contributed by atoms with Crippen LogP contribution in [-0.4, -0.2) is 31.3 Å². The van der Waals surface area contributed by atoms with Gasteiger partial charge in [0.15, 0.2) is 11.5 Å². The Hall–Kier alpha value is -2.73. The highest BCUT2D eigenvalue weighted by atomic mass is 35.5. The summed E-state index contributed by atoms with van der Waals surface area (Å²) in [6, 6.07) is 10.4. The summed E-state index contributed by atoms with van der Waals surface area (Å²) in [5.41, 5.74) is 1.92. The minimum atomic E-state index is -0.954. The molecule has 0 spiro atoms. The van der Waals surface area contributed by atoms with Crippen molar-refractivity contribution < 1.29 is 28.5 Å². The minimum absolute atomic E-state index is 0.00904. The average Bonchev–Trinajstić information content (AvgIpc) is 2.66. The van der Waals surface area contributed by atoms with E-state index in [2.05, 4.69) is 0 Å². The number of hydrogen-bond donors (Lipinski definition) is 0. The lowest BCUT2D eigenvalue weighted by Crippen LogP contribution is -2.35. The Morgan fingerprint density at radius 2 is 2.00 bits per heavy atom. The summed E-state index contributed by atoms with van der Waals surface area (Å²) in [7, 11) is 0. The maximum absolute atomic E-state index is 12.3. The quantitative estimate of drug-likeness (QED) is 0.769. The van der Waals surface area contributed by atoms with E-state index in [-0.39, 0.29) is 6.61 Å². The highest BCUT2D eigenvalue weighted by molar-refractivity contribution is 6.32. The van der Waals surface area contributed by atoms with Crippen LogP contribution in [0, 0.1) is 0 Å². The number of hydrogen-bond acceptors (Lipinski definition) is 6. The second-order valence-corrected chi connectivity index (χ2v) is 6.37. The van der Waals surface area contributed by atoms with Gasteiger partial charge in [-0.1, -0.05) is 29.8 Å². The summed E-state index contributed by atoms with van der Waals surface area (Å²) in [4.78, 5) is 24.3. The molecule has 0 saturated carbocycles. The highest BCUT2D eigenvalue weighted by Gasteiger charge is 2.32. The summed E-state index contributed by atoms with van der Waals surface area (Å²) < 4.78 is 21.5. The van der Waals surface area contributed by atoms with Crippen LogP contribution in [-0.2, 0) is 27.3 Å². The smallest absolute Gasteiger partial charge is 0.348 e. The lowest BCUT2D eigenvalue weighted by Gasteiger charge is -2.23. The van der Waals surface area contributed by atoms with Gasteiger partial charge in [0.05, 0.1) is 10.6 Å². The number of fused-ring (bicyclic) bond motifs is 2. The number of rotatable bonds is 3. The van der Waals surface area contributed by atoms with Crippen molar-refractivity contribution in [1.29, 1.82) is 0 Å². The molecule has 0 aliphatic carbocycles. The number of carbonyl (C=O) groups excluding carboxylic acids is 2. The van der Waals surface area contributed by atoms with Crippen molar-refractivity contribution in [1.82, 2.24) is 0 Å². The van der Waals surface area contributed by atoms with Crippen LogP contribution in [0.3, 0.4) is 0 Å². The Labute approximate surface area is 154 Å². The van der Waals surface area contributed by atoms with E-state index in [4.69, 9.17) is 30.5 Å². The van der Waals surface area contributed by atoms with Gasteiger partial charge in [0.2, 0.25) is 6.10 Å². The zero-order valence-electron chi connectivity index (χ0n) is 13.7. The maximum atomic E-state index is 12.3. The van der Waals surface area contributed by atoms with E-state index in [1.807, 2.05) is 6.07 Å². The third-order valence-electron chi connectivity index (χ3n) is 4.19. The second-order valence-electron chi connectivity index (χ2n) is 5.96. The van der Waals surface area contributed by atoms with Crippen molar-refractivity contribution in [3.8, 4) is 11.5 Å². The molecule has 134 valence electrons. The highest BCUT2D eigenvalue weighted by Crippen LogP contribution is 2.38. The first-order valence-electron chi connectivity index (χ1n) is 8.15. The molecule has 0 saturated heterocycles. The van der Waals surface area contributed by atoms with E-state index in [0.29, 0.717) is 47.3 Å². The van der Waals surface area contributed by atoms with Gasteiger partial charge >= 0.3 is 11.9 Å². The lowest BCUT2D eigenvalue weighted by atomic mass is 9.99. The summed E-state index contributed by atoms with van der Waals surface area (Å²) in [6.45, 7) is 0.866. The van der Waals surface area contributed by atoms with Crippen molar-refractivity contribution >= 4 is 23.5 Å². The van der Waals surface area contributed by atoms with Gasteiger partial charge in [0.25, 0.3) is 0 Å². The van der Waals surface area contributed by atoms with Crippen LogP contribution >= 0.6 is 11.6 Å². The van der Waals surface area contributed by atoms with E-state index in [1.165, 1.54) is 0 Å². The molecule has 0 bridgehead atoms. The fraction of sp³-hybridized carbons (Fsp3) is 0.263. The molecule has 2 aromatic carbocycles. The van der Waals surface area contributed by atoms with Crippen LogP contribution in [0.5, 0.6) is 11.5 Å². The van der Waals surface area contributed by atoms with Crippen LogP contribution in [0.1, 0.15) is 21.5 Å². The Kier molecular flexibility index (Phi) is 4.42. The van der Waals surface area contributed by atoms with Crippen LogP contribution in [0.2, 0.25) is 5.02 Å². The molecule has 0 amide bonds. The third-order valence-corrected chi connectivity index (χ3v) is 4.47. The molecule has 1 atom stereocenters. The van der Waals surface area contributed by atoms with Gasteiger partial charge in [-0.3, -0.25) is 0 Å². The van der Waals surface area contributed by atoms with Gasteiger partial charge < -0.3 is 18.9 Å². The van der Waals surface area contributed by atoms with Crippen molar-refractivity contribution in [3.05, 3.63) is 58.1 Å². The number of cyclic esters (lactones) is 1. The van der Waals surface area contributed by atoms with E-state index in [9.17, 15) is 9.59 Å². The molecule has 0 radical (unpaired) electrons. The first-order valence-corrected chi connectivity index (χ1v) is 8.53. The molecule has 0 fully saturated rings. The van der Waals surface area contributed by atoms with Crippen molar-refractivity contribution in [2.75, 3.05) is 13.2 Å². The number of ether oxygens (including phenoxy) is 4. The number of esters is 2. The average molecular weight is 375 g/mol. The fourth-order valence-corrected chi connectivity index (χ4v) is 3.25. The van der Waals surface area contributed by atoms with Crippen molar-refractivity contribution in [2.24, 2.45) is 0 Å². The van der Waals surface area contributed by atoms with Gasteiger partial charge in [-0.25, -0.2) is 9.59 Å². The summed E-state index contributed by atoms with van der Waals surface area (Å²) in [5, 5.41) is 0.395. The van der Waals surface area contributed by atoms with Gasteiger partial charge in [-0.05, 0) is 29.3 Å². The Balaban J connectivity index is 1.43. The number of benzene rings is 2. The van der Waals surface area contributed by atoms with Gasteiger partial charge in [0.1, 0.15) is 19.8 Å². The normalized spacial score (nSPS) is 17.9. The van der Waals surface area contributed by atoms with Crippen LogP contribution < -0.4 is 9.47 Å². The monoisotopic (exact) mass is 374 g/mol. The molecule has 6 nitrogen and oxygen atoms in total. The molecule has 7 heteroatoms. The van der Waals surface area contributed by atoms with E-state index >= 15 is 0 Å². The second kappa shape index (κ2) is 6.88. The minimum Gasteiger partial charge on any atom is -0.486 e. The fourth-order valence-electron chi connectivity index (χ4n) is 2.96. The van der Waals surface area contributed by atoms with Crippen LogP contribution in [0.25, 0.3) is 0 Å². The topological polar surface area (TPSA) is 71.1 Å². The molecule has 1 unspecified atom stereocenters. The molecule has 26 heavy (non-hydrogen) atoms. The largest absolute Gasteiger partial charge is 0.486 e. The first kappa shape index (κ1) is 16.7. The zero-order chi connectivity index (χ0) is 18.1. The standard InChI is InChI=1S/C19H15ClO6/c20-14-7-11(8-15-17(14)24-6-5-23-15)10-25-19(22)16-9-12-3-1-2-4-13(12)18(21)26-16/h1-4,7-8,16H,5-6,9-10H2. The first-order chi connectivity index (χ1) is 12.6. The predicted molar refractivity (Wildman–Crippen MR) is 91.6 cm³/mol. The Bertz CT molecular complexity index is 878. The zero-order valence-corrected chi connectivity index (χ0v) is 14.5. The molecule has 2 aliphatic rings. The maximum Gasteiger partial charge on any atom is 0.348 e. The molecular formula is C19H15ClO6. The van der Waals surface area contributed by atoms with Crippen molar-refractivity contribution in [2.45, 2.75) is 19.1 Å². The number of halogens is 1.